The molecule has 0 aromatic heterocycles. The molecule has 2 heterocycles. The lowest BCUT2D eigenvalue weighted by Crippen LogP contribution is -2.46. The van der Waals surface area contributed by atoms with Crippen molar-refractivity contribution in [1.29, 1.82) is 0 Å². The van der Waals surface area contributed by atoms with Crippen LogP contribution in [0.15, 0.2) is 24.3 Å². The highest BCUT2D eigenvalue weighted by Crippen LogP contribution is 2.25. The van der Waals surface area contributed by atoms with Crippen molar-refractivity contribution in [3.05, 3.63) is 35.4 Å². The second-order valence-corrected chi connectivity index (χ2v) is 9.57. The van der Waals surface area contributed by atoms with Gasteiger partial charge in [-0.2, -0.15) is 4.31 Å². The minimum Gasteiger partial charge on any atom is -0.351 e. The third-order valence-corrected chi connectivity index (χ3v) is 7.44. The molecule has 0 saturated carbocycles. The fourth-order valence-electron chi connectivity index (χ4n) is 3.72. The number of hydrogen-bond acceptors (Lipinski definition) is 5. The van der Waals surface area contributed by atoms with E-state index in [1.807, 2.05) is 0 Å². The van der Waals surface area contributed by atoms with Gasteiger partial charge in [0.1, 0.15) is 11.6 Å². The van der Waals surface area contributed by atoms with E-state index in [-0.39, 0.29) is 18.2 Å². The summed E-state index contributed by atoms with van der Waals surface area (Å²) in [7, 11) is -3.42. The lowest BCUT2D eigenvalue weighted by Gasteiger charge is -2.23. The molecule has 10 heteroatoms. The summed E-state index contributed by atoms with van der Waals surface area (Å²) in [4.78, 5) is 36.0. The molecule has 4 amide bonds. The zero-order valence-corrected chi connectivity index (χ0v) is 17.3. The molecule has 0 radical (unpaired) electrons. The van der Waals surface area contributed by atoms with Gasteiger partial charge in [-0.3, -0.25) is 14.9 Å². The number of carbonyl (C=O) groups excluding carboxylic acids is 3. The Bertz CT molecular complexity index is 915. The minimum absolute atomic E-state index is 0.0428. The Morgan fingerprint density at radius 2 is 1.97 bits per heavy atom. The predicted octanol–water partition coefficient (Wildman–Crippen LogP) is 0.562. The van der Waals surface area contributed by atoms with Crippen LogP contribution in [-0.4, -0.2) is 48.9 Å². The molecule has 2 unspecified atom stereocenters. The number of benzene rings is 1. The van der Waals surface area contributed by atoms with Gasteiger partial charge < -0.3 is 10.6 Å². The molecule has 3 rings (SSSR count). The molecule has 158 valence electrons. The van der Waals surface area contributed by atoms with E-state index >= 15 is 0 Å². The first-order valence-electron chi connectivity index (χ1n) is 9.67. The maximum absolute atomic E-state index is 12.6. The Balaban J connectivity index is 1.62. The van der Waals surface area contributed by atoms with Crippen LogP contribution in [0.25, 0.3) is 0 Å². The molecule has 2 aliphatic rings. The maximum atomic E-state index is 12.6. The van der Waals surface area contributed by atoms with E-state index in [2.05, 4.69) is 16.0 Å². The van der Waals surface area contributed by atoms with Crippen molar-refractivity contribution in [3.8, 4) is 0 Å². The predicted molar refractivity (Wildman–Crippen MR) is 106 cm³/mol. The third kappa shape index (κ3) is 4.27. The summed E-state index contributed by atoms with van der Waals surface area (Å²) >= 11 is 0. The van der Waals surface area contributed by atoms with Gasteiger partial charge in [0.15, 0.2) is 0 Å². The quantitative estimate of drug-likeness (QED) is 0.554. The van der Waals surface area contributed by atoms with Crippen molar-refractivity contribution in [2.45, 2.75) is 51.2 Å². The number of sulfonamides is 1. The van der Waals surface area contributed by atoms with Gasteiger partial charge >= 0.3 is 6.03 Å². The number of nitrogens with one attached hydrogen (secondary N) is 3. The molecule has 0 bridgehead atoms. The van der Waals surface area contributed by atoms with Crippen molar-refractivity contribution in [2.24, 2.45) is 0 Å². The van der Waals surface area contributed by atoms with Gasteiger partial charge in [-0.15, -0.1) is 0 Å². The Morgan fingerprint density at radius 1 is 1.28 bits per heavy atom. The summed E-state index contributed by atoms with van der Waals surface area (Å²) in [6.45, 7) is 4.04. The lowest BCUT2D eigenvalue weighted by atomic mass is 9.91. The average molecular weight is 423 g/mol. The molecule has 9 nitrogen and oxygen atoms in total. The van der Waals surface area contributed by atoms with E-state index in [1.54, 1.807) is 38.1 Å². The molecule has 0 aliphatic carbocycles. The van der Waals surface area contributed by atoms with Crippen LogP contribution in [-0.2, 0) is 31.7 Å². The normalized spacial score (nSPS) is 25.0. The Labute approximate surface area is 170 Å². The second-order valence-electron chi connectivity index (χ2n) is 7.53. The van der Waals surface area contributed by atoms with Gasteiger partial charge in [-0.1, -0.05) is 31.2 Å². The number of amides is 4. The van der Waals surface area contributed by atoms with Gasteiger partial charge in [-0.25, -0.2) is 13.2 Å². The van der Waals surface area contributed by atoms with Crippen molar-refractivity contribution in [1.82, 2.24) is 20.3 Å². The number of carbonyl (C=O) groups is 3. The number of urea groups is 1. The van der Waals surface area contributed by atoms with Gasteiger partial charge in [0, 0.05) is 13.1 Å². The van der Waals surface area contributed by atoms with Crippen LogP contribution in [0.3, 0.4) is 0 Å². The van der Waals surface area contributed by atoms with E-state index in [1.165, 1.54) is 4.31 Å². The standard InChI is InChI=1S/C19H26N4O5S/c1-3-11-29(27,28)23-10-4-5-15(23)16(24)20-12-13-6-8-14(9-7-13)19(2)17(25)21-18(26)22-19/h6-9,15H,3-5,10-12H2,1-2H3,(H,20,24)(H2,21,22,25,26). The van der Waals surface area contributed by atoms with Crippen LogP contribution in [0.4, 0.5) is 4.79 Å². The first-order valence-corrected chi connectivity index (χ1v) is 11.3. The molecule has 0 spiro atoms. The molecule has 2 aliphatic heterocycles. The highest BCUT2D eigenvalue weighted by Gasteiger charge is 2.43. The number of imide groups is 1. The highest BCUT2D eigenvalue weighted by atomic mass is 32.2. The molecule has 2 fully saturated rings. The van der Waals surface area contributed by atoms with Crippen molar-refractivity contribution >= 4 is 27.9 Å². The monoisotopic (exact) mass is 422 g/mol. The molecule has 1 aromatic rings. The van der Waals surface area contributed by atoms with E-state index < -0.39 is 33.5 Å². The third-order valence-electron chi connectivity index (χ3n) is 5.37. The Morgan fingerprint density at radius 3 is 2.55 bits per heavy atom. The van der Waals surface area contributed by atoms with Crippen LogP contribution in [0, 0.1) is 0 Å². The van der Waals surface area contributed by atoms with Crippen molar-refractivity contribution in [3.63, 3.8) is 0 Å². The molecular weight excluding hydrogens is 396 g/mol. The zero-order valence-electron chi connectivity index (χ0n) is 16.5. The fraction of sp³-hybridized carbons (Fsp3) is 0.526. The van der Waals surface area contributed by atoms with Gasteiger partial charge in [0.2, 0.25) is 15.9 Å². The summed E-state index contributed by atoms with van der Waals surface area (Å²) in [5, 5.41) is 7.62. The van der Waals surface area contributed by atoms with Crippen molar-refractivity contribution < 1.29 is 22.8 Å². The molecule has 2 saturated heterocycles. The van der Waals surface area contributed by atoms with Gasteiger partial charge in [-0.05, 0) is 37.3 Å². The van der Waals surface area contributed by atoms with Crippen LogP contribution in [0.1, 0.15) is 44.2 Å². The number of nitrogens with zero attached hydrogens (tertiary/aromatic N) is 1. The van der Waals surface area contributed by atoms with Gasteiger partial charge in [0.25, 0.3) is 5.91 Å². The Hall–Kier alpha value is -2.46. The molecule has 3 N–H and O–H groups in total. The summed E-state index contributed by atoms with van der Waals surface area (Å²) in [5.74, 6) is -0.681. The topological polar surface area (TPSA) is 125 Å². The first-order chi connectivity index (χ1) is 13.7. The zero-order chi connectivity index (χ0) is 21.2. The van der Waals surface area contributed by atoms with Crippen LogP contribution < -0.4 is 16.0 Å². The lowest BCUT2D eigenvalue weighted by molar-refractivity contribution is -0.124. The maximum Gasteiger partial charge on any atom is 0.322 e. The van der Waals surface area contributed by atoms with Crippen molar-refractivity contribution in [2.75, 3.05) is 12.3 Å². The molecule has 29 heavy (non-hydrogen) atoms. The fourth-order valence-corrected chi connectivity index (χ4v) is 5.47. The van der Waals surface area contributed by atoms with E-state index in [0.717, 1.165) is 5.56 Å². The molecule has 2 atom stereocenters. The summed E-state index contributed by atoms with van der Waals surface area (Å²) in [6, 6.07) is 5.77. The minimum atomic E-state index is -3.42. The molecule has 1 aromatic carbocycles. The highest BCUT2D eigenvalue weighted by molar-refractivity contribution is 7.89. The second kappa shape index (κ2) is 8.11. The van der Waals surface area contributed by atoms with Crippen LogP contribution >= 0.6 is 0 Å². The summed E-state index contributed by atoms with van der Waals surface area (Å²) in [5.41, 5.74) is 0.302. The van der Waals surface area contributed by atoms with E-state index in [0.29, 0.717) is 31.4 Å². The van der Waals surface area contributed by atoms with E-state index in [4.69, 9.17) is 0 Å². The molecular formula is C19H26N4O5S. The SMILES string of the molecule is CCCS(=O)(=O)N1CCCC1C(=O)NCc1ccc(C2(C)NC(=O)NC2=O)cc1. The van der Waals surface area contributed by atoms with Crippen LogP contribution in [0.5, 0.6) is 0 Å². The van der Waals surface area contributed by atoms with Gasteiger partial charge in [0.05, 0.1) is 5.75 Å². The van der Waals surface area contributed by atoms with Crippen LogP contribution in [0.2, 0.25) is 0 Å². The Kier molecular flexibility index (Phi) is 5.95. The largest absolute Gasteiger partial charge is 0.351 e. The average Bonchev–Trinajstić information content (AvgIpc) is 3.26. The summed E-state index contributed by atoms with van der Waals surface area (Å²) in [6.07, 6.45) is 1.69. The number of rotatable bonds is 7. The number of hydrogen-bond donors (Lipinski definition) is 3. The van der Waals surface area contributed by atoms with E-state index in [9.17, 15) is 22.8 Å². The summed E-state index contributed by atoms with van der Waals surface area (Å²) < 4.78 is 26.0. The smallest absolute Gasteiger partial charge is 0.322 e. The first kappa shape index (κ1) is 21.3.